The predicted molar refractivity (Wildman–Crippen MR) is 86.8 cm³/mol. The first-order valence-electron chi connectivity index (χ1n) is 6.83. The van der Waals surface area contributed by atoms with Crippen LogP contribution >= 0.6 is 11.3 Å². The molecular formula is C15H16N2O3S2. The zero-order valence-electron chi connectivity index (χ0n) is 12.2. The number of thiophene rings is 1. The molecule has 0 radical (unpaired) electrons. The number of aryl methyl sites for hydroxylation is 1. The molecule has 0 bridgehead atoms. The second-order valence-electron chi connectivity index (χ2n) is 5.48. The summed E-state index contributed by atoms with van der Waals surface area (Å²) in [6, 6.07) is 9.28. The molecule has 0 fully saturated rings. The number of primary sulfonamides is 1. The largest absolute Gasteiger partial charge is 0.304 e. The van der Waals surface area contributed by atoms with Crippen LogP contribution in [0.25, 0.3) is 0 Å². The fraction of sp³-hybridized carbons (Fsp3) is 0.267. The van der Waals surface area contributed by atoms with Crippen LogP contribution in [0.4, 0.5) is 5.69 Å². The molecule has 1 aliphatic heterocycles. The number of carbonyl (C=O) groups excluding carboxylic acids is 1. The Morgan fingerprint density at radius 2 is 2.05 bits per heavy atom. The lowest BCUT2D eigenvalue weighted by atomic mass is 10.1. The Kier molecular flexibility index (Phi) is 3.58. The van der Waals surface area contributed by atoms with Gasteiger partial charge in [-0.1, -0.05) is 18.2 Å². The van der Waals surface area contributed by atoms with Crippen molar-refractivity contribution < 1.29 is 13.2 Å². The Hall–Kier alpha value is -1.70. The van der Waals surface area contributed by atoms with Crippen molar-refractivity contribution in [1.82, 2.24) is 0 Å². The van der Waals surface area contributed by atoms with Crippen molar-refractivity contribution in [2.75, 3.05) is 4.90 Å². The van der Waals surface area contributed by atoms with E-state index in [1.54, 1.807) is 11.8 Å². The molecule has 0 spiro atoms. The van der Waals surface area contributed by atoms with Crippen LogP contribution in [0, 0.1) is 6.92 Å². The van der Waals surface area contributed by atoms with Crippen molar-refractivity contribution in [2.24, 2.45) is 5.14 Å². The van der Waals surface area contributed by atoms with Gasteiger partial charge < -0.3 is 4.90 Å². The van der Waals surface area contributed by atoms with E-state index in [1.165, 1.54) is 6.07 Å². The Labute approximate surface area is 133 Å². The summed E-state index contributed by atoms with van der Waals surface area (Å²) in [5, 5.41) is 5.15. The van der Waals surface area contributed by atoms with Gasteiger partial charge in [-0.05, 0) is 43.5 Å². The number of nitrogens with zero attached hydrogens (tertiary/aromatic N) is 1. The van der Waals surface area contributed by atoms with Crippen molar-refractivity contribution in [3.05, 3.63) is 46.3 Å². The summed E-state index contributed by atoms with van der Waals surface area (Å²) in [7, 11) is -3.79. The van der Waals surface area contributed by atoms with Gasteiger partial charge in [0.05, 0.1) is 4.88 Å². The van der Waals surface area contributed by atoms with Gasteiger partial charge in [-0.2, -0.15) is 0 Å². The number of para-hydroxylation sites is 1. The number of nitrogens with two attached hydrogens (primary N) is 1. The molecule has 2 aromatic rings. The van der Waals surface area contributed by atoms with Crippen LogP contribution < -0.4 is 10.0 Å². The number of fused-ring (bicyclic) bond motifs is 1. The summed E-state index contributed by atoms with van der Waals surface area (Å²) < 4.78 is 23.0. The number of hydrogen-bond acceptors (Lipinski definition) is 4. The maximum absolute atomic E-state index is 12.9. The molecule has 1 unspecified atom stereocenters. The number of benzene rings is 1. The van der Waals surface area contributed by atoms with Gasteiger partial charge in [0.15, 0.2) is 0 Å². The van der Waals surface area contributed by atoms with Crippen LogP contribution in [0.1, 0.15) is 27.7 Å². The van der Waals surface area contributed by atoms with Crippen molar-refractivity contribution in [1.29, 1.82) is 0 Å². The third-order valence-electron chi connectivity index (χ3n) is 3.80. The number of hydrogen-bond donors (Lipinski definition) is 1. The summed E-state index contributed by atoms with van der Waals surface area (Å²) in [4.78, 5) is 15.0. The molecule has 1 atom stereocenters. The maximum Gasteiger partial charge on any atom is 0.268 e. The third-order valence-corrected chi connectivity index (χ3v) is 6.44. The normalized spacial score (nSPS) is 17.6. The lowest BCUT2D eigenvalue weighted by Gasteiger charge is -2.22. The number of sulfonamides is 1. The van der Waals surface area contributed by atoms with E-state index in [0.717, 1.165) is 29.0 Å². The molecule has 1 amide bonds. The van der Waals surface area contributed by atoms with Gasteiger partial charge in [0.25, 0.3) is 5.91 Å². The van der Waals surface area contributed by atoms with Gasteiger partial charge in [-0.3, -0.25) is 4.79 Å². The van der Waals surface area contributed by atoms with Gasteiger partial charge in [0.1, 0.15) is 4.21 Å². The number of anilines is 1. The van der Waals surface area contributed by atoms with Crippen LogP contribution in [-0.2, 0) is 16.4 Å². The lowest BCUT2D eigenvalue weighted by Crippen LogP contribution is -2.35. The Morgan fingerprint density at radius 3 is 2.68 bits per heavy atom. The van der Waals surface area contributed by atoms with Crippen molar-refractivity contribution in [3.63, 3.8) is 0 Å². The van der Waals surface area contributed by atoms with E-state index >= 15 is 0 Å². The minimum Gasteiger partial charge on any atom is -0.304 e. The topological polar surface area (TPSA) is 80.5 Å². The molecule has 2 N–H and O–H groups in total. The van der Waals surface area contributed by atoms with Crippen molar-refractivity contribution in [2.45, 2.75) is 30.5 Å². The van der Waals surface area contributed by atoms with Crippen LogP contribution in [0.15, 0.2) is 34.5 Å². The van der Waals surface area contributed by atoms with E-state index in [1.807, 2.05) is 31.2 Å². The van der Waals surface area contributed by atoms with E-state index in [-0.39, 0.29) is 16.2 Å². The molecule has 22 heavy (non-hydrogen) atoms. The van der Waals surface area contributed by atoms with Crippen LogP contribution in [0.5, 0.6) is 0 Å². The molecule has 7 heteroatoms. The van der Waals surface area contributed by atoms with Crippen LogP contribution in [-0.4, -0.2) is 20.4 Å². The van der Waals surface area contributed by atoms with E-state index in [9.17, 15) is 13.2 Å². The minimum absolute atomic E-state index is 0.0217. The van der Waals surface area contributed by atoms with Gasteiger partial charge in [0.2, 0.25) is 10.0 Å². The van der Waals surface area contributed by atoms with Crippen LogP contribution in [0.2, 0.25) is 0 Å². The van der Waals surface area contributed by atoms with Gasteiger partial charge >= 0.3 is 0 Å². The molecule has 0 saturated carbocycles. The molecule has 2 heterocycles. The second-order valence-corrected chi connectivity index (χ2v) is 8.32. The number of amides is 1. The summed E-state index contributed by atoms with van der Waals surface area (Å²) in [5.74, 6) is -0.171. The molecule has 1 aromatic heterocycles. The van der Waals surface area contributed by atoms with E-state index < -0.39 is 10.0 Å². The zero-order chi connectivity index (χ0) is 16.1. The highest BCUT2D eigenvalue weighted by Gasteiger charge is 2.33. The molecular weight excluding hydrogens is 320 g/mol. The first kappa shape index (κ1) is 15.2. The van der Waals surface area contributed by atoms with E-state index in [2.05, 4.69) is 0 Å². The molecule has 0 saturated heterocycles. The van der Waals surface area contributed by atoms with E-state index in [0.29, 0.717) is 10.4 Å². The third kappa shape index (κ3) is 2.45. The summed E-state index contributed by atoms with van der Waals surface area (Å²) in [6.45, 7) is 3.71. The standard InChI is InChI=1S/C15H16N2O3S2/c1-9-7-13(22(16,19)20)21-14(9)15(18)17-10(2)8-11-5-3-4-6-12(11)17/h3-7,10H,8H2,1-2H3,(H2,16,19,20). The SMILES string of the molecule is Cc1cc(S(N)(=O)=O)sc1C(=O)N1c2ccccc2CC1C. The molecule has 1 aromatic carbocycles. The second kappa shape index (κ2) is 5.19. The molecule has 5 nitrogen and oxygen atoms in total. The quantitative estimate of drug-likeness (QED) is 0.913. The highest BCUT2D eigenvalue weighted by molar-refractivity contribution is 7.91. The predicted octanol–water partition coefficient (Wildman–Crippen LogP) is 2.30. The van der Waals surface area contributed by atoms with Gasteiger partial charge in [-0.15, -0.1) is 11.3 Å². The average molecular weight is 336 g/mol. The van der Waals surface area contributed by atoms with Crippen molar-refractivity contribution in [3.8, 4) is 0 Å². The monoisotopic (exact) mass is 336 g/mol. The van der Waals surface area contributed by atoms with Crippen LogP contribution in [0.3, 0.4) is 0 Å². The smallest absolute Gasteiger partial charge is 0.268 e. The molecule has 0 aliphatic carbocycles. The Morgan fingerprint density at radius 1 is 1.36 bits per heavy atom. The molecule has 1 aliphatic rings. The summed E-state index contributed by atoms with van der Waals surface area (Å²) in [6.07, 6.45) is 0.800. The molecule has 116 valence electrons. The van der Waals surface area contributed by atoms with Crippen molar-refractivity contribution >= 4 is 33.0 Å². The average Bonchev–Trinajstić information content (AvgIpc) is 2.97. The highest BCUT2D eigenvalue weighted by Crippen LogP contribution is 2.35. The summed E-state index contributed by atoms with van der Waals surface area (Å²) >= 11 is 0.934. The number of carbonyl (C=O) groups is 1. The van der Waals surface area contributed by atoms with Gasteiger partial charge in [0, 0.05) is 11.7 Å². The Bertz CT molecular complexity index is 855. The van der Waals surface area contributed by atoms with E-state index in [4.69, 9.17) is 5.14 Å². The fourth-order valence-corrected chi connectivity index (χ4v) is 4.69. The summed E-state index contributed by atoms with van der Waals surface area (Å²) in [5.41, 5.74) is 2.66. The fourth-order valence-electron chi connectivity index (χ4n) is 2.79. The molecule has 3 rings (SSSR count). The van der Waals surface area contributed by atoms with Gasteiger partial charge in [-0.25, -0.2) is 13.6 Å². The lowest BCUT2D eigenvalue weighted by molar-refractivity contribution is 0.0985. The Balaban J connectivity index is 2.04. The zero-order valence-corrected chi connectivity index (χ0v) is 13.9. The minimum atomic E-state index is -3.79. The highest BCUT2D eigenvalue weighted by atomic mass is 32.2. The number of rotatable bonds is 2. The first-order chi connectivity index (χ1) is 10.3. The maximum atomic E-state index is 12.9. The first-order valence-corrected chi connectivity index (χ1v) is 9.20.